The maximum Gasteiger partial charge on any atom is 0.328 e. The van der Waals surface area contributed by atoms with Gasteiger partial charge >= 0.3 is 18.0 Å². The smallest absolute Gasteiger partial charge is 0.328 e. The number of aliphatic carboxylic acids is 1. The first-order chi connectivity index (χ1) is 9.31. The van der Waals surface area contributed by atoms with Gasteiger partial charge in [-0.15, -0.1) is 0 Å². The summed E-state index contributed by atoms with van der Waals surface area (Å²) >= 11 is 0. The molecule has 0 aromatic carbocycles. The summed E-state index contributed by atoms with van der Waals surface area (Å²) in [7, 11) is 1.24. The number of carbonyl (C=O) groups is 3. The molecule has 0 aromatic heterocycles. The molecule has 2 amide bonds. The molecule has 0 spiro atoms. The van der Waals surface area contributed by atoms with Crippen LogP contribution < -0.4 is 10.6 Å². The van der Waals surface area contributed by atoms with Crippen LogP contribution in [0.2, 0.25) is 0 Å². The van der Waals surface area contributed by atoms with Gasteiger partial charge in [0.2, 0.25) is 0 Å². The third-order valence-corrected chi connectivity index (χ3v) is 2.68. The zero-order valence-corrected chi connectivity index (χ0v) is 12.4. The quantitative estimate of drug-likeness (QED) is 0.581. The predicted octanol–water partition coefficient (Wildman–Crippen LogP) is 1.13. The van der Waals surface area contributed by atoms with Gasteiger partial charge in [-0.05, 0) is 18.8 Å². The summed E-state index contributed by atoms with van der Waals surface area (Å²) in [4.78, 5) is 34.2. The molecule has 0 saturated heterocycles. The van der Waals surface area contributed by atoms with Crippen molar-refractivity contribution in [3.63, 3.8) is 0 Å². The number of amides is 2. The van der Waals surface area contributed by atoms with Crippen molar-refractivity contribution >= 4 is 18.0 Å². The van der Waals surface area contributed by atoms with Crippen molar-refractivity contribution in [1.29, 1.82) is 0 Å². The van der Waals surface area contributed by atoms with Gasteiger partial charge in [-0.2, -0.15) is 0 Å². The molecular formula is C13H24N2O5. The number of carbonyl (C=O) groups excluding carboxylic acids is 2. The van der Waals surface area contributed by atoms with Crippen molar-refractivity contribution in [3.05, 3.63) is 0 Å². The molecule has 0 aliphatic heterocycles. The lowest BCUT2D eigenvalue weighted by molar-refractivity contribution is -0.143. The van der Waals surface area contributed by atoms with Crippen molar-refractivity contribution in [1.82, 2.24) is 10.6 Å². The van der Waals surface area contributed by atoms with Crippen molar-refractivity contribution in [2.75, 3.05) is 7.11 Å². The number of hydrogen-bond donors (Lipinski definition) is 3. The first kappa shape index (κ1) is 18.2. The number of esters is 1. The van der Waals surface area contributed by atoms with E-state index in [1.807, 2.05) is 20.8 Å². The van der Waals surface area contributed by atoms with Gasteiger partial charge in [0.05, 0.1) is 7.11 Å². The van der Waals surface area contributed by atoms with Crippen LogP contribution >= 0.6 is 0 Å². The molecular weight excluding hydrogens is 264 g/mol. The molecule has 116 valence electrons. The van der Waals surface area contributed by atoms with E-state index in [1.165, 1.54) is 7.11 Å². The molecule has 1 unspecified atom stereocenters. The number of urea groups is 1. The minimum Gasteiger partial charge on any atom is -0.480 e. The Bertz CT molecular complexity index is 344. The Labute approximate surface area is 119 Å². The van der Waals surface area contributed by atoms with Crippen LogP contribution in [0.5, 0.6) is 0 Å². The number of methoxy groups -OCH3 is 1. The molecule has 0 fully saturated rings. The largest absolute Gasteiger partial charge is 0.480 e. The molecule has 20 heavy (non-hydrogen) atoms. The number of ether oxygens (including phenoxy) is 1. The van der Waals surface area contributed by atoms with Gasteiger partial charge in [0, 0.05) is 0 Å². The normalized spacial score (nSPS) is 13.4. The molecule has 0 rings (SSSR count). The Morgan fingerprint density at radius 3 is 2.10 bits per heavy atom. The van der Waals surface area contributed by atoms with E-state index in [4.69, 9.17) is 5.11 Å². The van der Waals surface area contributed by atoms with Gasteiger partial charge in [-0.25, -0.2) is 14.4 Å². The minimum atomic E-state index is -1.10. The van der Waals surface area contributed by atoms with E-state index in [-0.39, 0.29) is 5.92 Å². The highest BCUT2D eigenvalue weighted by Gasteiger charge is 2.25. The highest BCUT2D eigenvalue weighted by molar-refractivity contribution is 5.86. The van der Waals surface area contributed by atoms with Gasteiger partial charge < -0.3 is 20.5 Å². The second-order valence-corrected chi connectivity index (χ2v) is 5.00. The van der Waals surface area contributed by atoms with E-state index in [0.29, 0.717) is 19.3 Å². The van der Waals surface area contributed by atoms with Crippen molar-refractivity contribution in [2.45, 2.75) is 52.1 Å². The van der Waals surface area contributed by atoms with Gasteiger partial charge in [-0.3, -0.25) is 0 Å². The van der Waals surface area contributed by atoms with Gasteiger partial charge in [-0.1, -0.05) is 27.2 Å². The Balaban J connectivity index is 4.58. The van der Waals surface area contributed by atoms with Crippen LogP contribution in [0.25, 0.3) is 0 Å². The lowest BCUT2D eigenvalue weighted by Crippen LogP contribution is -2.51. The van der Waals surface area contributed by atoms with Crippen molar-refractivity contribution in [2.24, 2.45) is 5.92 Å². The molecule has 0 aromatic rings. The monoisotopic (exact) mass is 288 g/mol. The molecule has 0 bridgehead atoms. The van der Waals surface area contributed by atoms with Gasteiger partial charge in [0.25, 0.3) is 0 Å². The summed E-state index contributed by atoms with van der Waals surface area (Å²) in [6, 6.07) is -2.42. The average Bonchev–Trinajstić information content (AvgIpc) is 2.35. The molecule has 0 saturated carbocycles. The zero-order valence-electron chi connectivity index (χ0n) is 12.4. The van der Waals surface area contributed by atoms with Crippen LogP contribution in [0.1, 0.15) is 40.0 Å². The van der Waals surface area contributed by atoms with Crippen LogP contribution in [-0.4, -0.2) is 42.3 Å². The molecule has 2 atom stereocenters. The fraction of sp³-hybridized carbons (Fsp3) is 0.769. The first-order valence-corrected chi connectivity index (χ1v) is 6.69. The topological polar surface area (TPSA) is 105 Å². The lowest BCUT2D eigenvalue weighted by atomic mass is 10.0. The highest BCUT2D eigenvalue weighted by Crippen LogP contribution is 2.06. The summed E-state index contributed by atoms with van der Waals surface area (Å²) < 4.78 is 4.62. The third kappa shape index (κ3) is 6.96. The molecule has 0 aliphatic carbocycles. The van der Waals surface area contributed by atoms with Gasteiger partial charge in [0.1, 0.15) is 12.1 Å². The maximum absolute atomic E-state index is 11.8. The SMILES string of the molecule is CCC[C@H](NC(=O)NC(CC(C)C)C(=O)OC)C(=O)O. The average molecular weight is 288 g/mol. The summed E-state index contributed by atoms with van der Waals surface area (Å²) in [6.07, 6.45) is 1.38. The summed E-state index contributed by atoms with van der Waals surface area (Å²) in [5.41, 5.74) is 0. The lowest BCUT2D eigenvalue weighted by Gasteiger charge is -2.20. The number of carboxylic acids is 1. The second-order valence-electron chi connectivity index (χ2n) is 5.00. The standard InChI is InChI=1S/C13H24N2O5/c1-5-6-9(11(16)17)14-13(19)15-10(7-8(2)3)12(18)20-4/h8-10H,5-7H2,1-4H3,(H,16,17)(H2,14,15,19)/t9-,10?/m0/s1. The molecule has 0 radical (unpaired) electrons. The van der Waals surface area contributed by atoms with E-state index in [1.54, 1.807) is 0 Å². The van der Waals surface area contributed by atoms with Gasteiger partial charge in [0.15, 0.2) is 0 Å². The van der Waals surface area contributed by atoms with E-state index < -0.39 is 30.1 Å². The van der Waals surface area contributed by atoms with Crippen LogP contribution in [-0.2, 0) is 14.3 Å². The summed E-state index contributed by atoms with van der Waals surface area (Å²) in [5.74, 6) is -1.46. The molecule has 0 heterocycles. The predicted molar refractivity (Wildman–Crippen MR) is 73.3 cm³/mol. The Morgan fingerprint density at radius 1 is 1.15 bits per heavy atom. The van der Waals surface area contributed by atoms with E-state index in [2.05, 4.69) is 15.4 Å². The Morgan fingerprint density at radius 2 is 1.70 bits per heavy atom. The van der Waals surface area contributed by atoms with Crippen LogP contribution in [0.4, 0.5) is 4.79 Å². The molecule has 0 aliphatic rings. The van der Waals surface area contributed by atoms with E-state index in [9.17, 15) is 14.4 Å². The summed E-state index contributed by atoms with van der Waals surface area (Å²) in [5, 5.41) is 13.8. The number of carboxylic acid groups (broad SMARTS) is 1. The Hall–Kier alpha value is -1.79. The Kier molecular flexibility index (Phi) is 8.35. The van der Waals surface area contributed by atoms with Crippen LogP contribution in [0.3, 0.4) is 0 Å². The third-order valence-electron chi connectivity index (χ3n) is 2.68. The fourth-order valence-corrected chi connectivity index (χ4v) is 1.73. The first-order valence-electron chi connectivity index (χ1n) is 6.69. The maximum atomic E-state index is 11.8. The number of nitrogens with one attached hydrogen (secondary N) is 2. The molecule has 7 heteroatoms. The summed E-state index contributed by atoms with van der Waals surface area (Å²) in [6.45, 7) is 5.64. The molecule has 3 N–H and O–H groups in total. The van der Waals surface area contributed by atoms with Crippen molar-refractivity contribution in [3.8, 4) is 0 Å². The van der Waals surface area contributed by atoms with Crippen LogP contribution in [0.15, 0.2) is 0 Å². The highest BCUT2D eigenvalue weighted by atomic mass is 16.5. The molecule has 7 nitrogen and oxygen atoms in total. The number of rotatable bonds is 8. The zero-order chi connectivity index (χ0) is 15.7. The number of hydrogen-bond acceptors (Lipinski definition) is 4. The minimum absolute atomic E-state index is 0.185. The van der Waals surface area contributed by atoms with E-state index >= 15 is 0 Å². The second kappa shape index (κ2) is 9.17. The van der Waals surface area contributed by atoms with E-state index in [0.717, 1.165) is 0 Å². The fourth-order valence-electron chi connectivity index (χ4n) is 1.73. The van der Waals surface area contributed by atoms with Crippen LogP contribution in [0, 0.1) is 5.92 Å². The van der Waals surface area contributed by atoms with Crippen molar-refractivity contribution < 1.29 is 24.2 Å².